The van der Waals surface area contributed by atoms with Crippen molar-refractivity contribution in [2.75, 3.05) is 26.2 Å². The molecule has 142 valence electrons. The summed E-state index contributed by atoms with van der Waals surface area (Å²) in [6.45, 7) is 4.10. The van der Waals surface area contributed by atoms with Crippen LogP contribution in [0.3, 0.4) is 0 Å². The fourth-order valence-electron chi connectivity index (χ4n) is 4.55. The molecule has 1 saturated carbocycles. The third-order valence-electron chi connectivity index (χ3n) is 6.06. The van der Waals surface area contributed by atoms with E-state index in [1.54, 1.807) is 12.1 Å². The summed E-state index contributed by atoms with van der Waals surface area (Å²) in [5.74, 6) is -0.0668. The third-order valence-corrected chi connectivity index (χ3v) is 6.06. The van der Waals surface area contributed by atoms with Gasteiger partial charge in [-0.2, -0.15) is 0 Å². The van der Waals surface area contributed by atoms with Crippen molar-refractivity contribution in [2.45, 2.75) is 37.6 Å². The highest BCUT2D eigenvalue weighted by atomic mass is 19.1. The molecular formula is C22H26FN3O. The Hall–Kier alpha value is -2.27. The lowest BCUT2D eigenvalue weighted by Crippen LogP contribution is -2.53. The summed E-state index contributed by atoms with van der Waals surface area (Å²) in [5.41, 5.74) is 1.57. The zero-order valence-electron chi connectivity index (χ0n) is 15.6. The summed E-state index contributed by atoms with van der Waals surface area (Å²) in [7, 11) is 0. The van der Waals surface area contributed by atoms with Crippen LogP contribution in [0.25, 0.3) is 0 Å². The SMILES string of the molecule is O=C(N1CCN(Cc2ccncc2)CC1)C1(c2cccc(F)c2)CCCC1. The smallest absolute Gasteiger partial charge is 0.233 e. The van der Waals surface area contributed by atoms with Gasteiger partial charge in [0, 0.05) is 45.1 Å². The minimum Gasteiger partial charge on any atom is -0.339 e. The van der Waals surface area contributed by atoms with Crippen molar-refractivity contribution in [2.24, 2.45) is 0 Å². The summed E-state index contributed by atoms with van der Waals surface area (Å²) in [5, 5.41) is 0. The second-order valence-corrected chi connectivity index (χ2v) is 7.72. The van der Waals surface area contributed by atoms with Gasteiger partial charge in [-0.1, -0.05) is 25.0 Å². The molecule has 4 rings (SSSR count). The topological polar surface area (TPSA) is 36.4 Å². The zero-order valence-corrected chi connectivity index (χ0v) is 15.6. The number of aromatic nitrogens is 1. The van der Waals surface area contributed by atoms with Gasteiger partial charge in [0.25, 0.3) is 0 Å². The predicted octanol–water partition coefficient (Wildman–Crippen LogP) is 3.38. The van der Waals surface area contributed by atoms with Crippen molar-refractivity contribution >= 4 is 5.91 Å². The molecule has 4 nitrogen and oxygen atoms in total. The van der Waals surface area contributed by atoms with Crippen LogP contribution < -0.4 is 0 Å². The van der Waals surface area contributed by atoms with E-state index < -0.39 is 5.41 Å². The van der Waals surface area contributed by atoms with Crippen molar-refractivity contribution in [1.82, 2.24) is 14.8 Å². The van der Waals surface area contributed by atoms with Crippen molar-refractivity contribution in [3.63, 3.8) is 0 Å². The van der Waals surface area contributed by atoms with Crippen molar-refractivity contribution < 1.29 is 9.18 Å². The van der Waals surface area contributed by atoms with Gasteiger partial charge < -0.3 is 4.90 Å². The summed E-state index contributed by atoms with van der Waals surface area (Å²) < 4.78 is 13.8. The van der Waals surface area contributed by atoms with Crippen molar-refractivity contribution in [1.29, 1.82) is 0 Å². The lowest BCUT2D eigenvalue weighted by atomic mass is 9.77. The quantitative estimate of drug-likeness (QED) is 0.831. The average Bonchev–Trinajstić information content (AvgIpc) is 3.20. The van der Waals surface area contributed by atoms with Crippen LogP contribution in [0.1, 0.15) is 36.8 Å². The van der Waals surface area contributed by atoms with Gasteiger partial charge in [-0.05, 0) is 48.2 Å². The second kappa shape index (κ2) is 7.77. The lowest BCUT2D eigenvalue weighted by Gasteiger charge is -2.40. The van der Waals surface area contributed by atoms with E-state index in [-0.39, 0.29) is 11.7 Å². The monoisotopic (exact) mass is 367 g/mol. The number of carbonyl (C=O) groups is 1. The standard InChI is InChI=1S/C22H26FN3O/c23-20-5-3-4-19(16-20)22(8-1-2-9-22)21(27)26-14-12-25(13-15-26)17-18-6-10-24-11-7-18/h3-7,10-11,16H,1-2,8-9,12-15,17H2. The predicted molar refractivity (Wildman–Crippen MR) is 103 cm³/mol. The number of rotatable bonds is 4. The molecule has 0 radical (unpaired) electrons. The Morgan fingerprint density at radius 3 is 2.41 bits per heavy atom. The Balaban J connectivity index is 1.44. The van der Waals surface area contributed by atoms with Gasteiger partial charge in [0.2, 0.25) is 5.91 Å². The first-order valence-electron chi connectivity index (χ1n) is 9.84. The molecule has 0 bridgehead atoms. The summed E-state index contributed by atoms with van der Waals surface area (Å²) in [6.07, 6.45) is 7.35. The van der Waals surface area contributed by atoms with Crippen LogP contribution in [0, 0.1) is 5.82 Å². The van der Waals surface area contributed by atoms with Gasteiger partial charge in [0.15, 0.2) is 0 Å². The molecule has 1 aliphatic carbocycles. The summed E-state index contributed by atoms with van der Waals surface area (Å²) >= 11 is 0. The number of halogens is 1. The molecule has 1 amide bonds. The Morgan fingerprint density at radius 2 is 1.74 bits per heavy atom. The van der Waals surface area contributed by atoms with Gasteiger partial charge in [0.05, 0.1) is 5.41 Å². The molecule has 0 atom stereocenters. The van der Waals surface area contributed by atoms with E-state index >= 15 is 0 Å². The number of hydrogen-bond donors (Lipinski definition) is 0. The van der Waals surface area contributed by atoms with Crippen LogP contribution >= 0.6 is 0 Å². The molecule has 0 N–H and O–H groups in total. The Kier molecular flexibility index (Phi) is 5.21. The van der Waals surface area contributed by atoms with E-state index in [9.17, 15) is 9.18 Å². The largest absolute Gasteiger partial charge is 0.339 e. The average molecular weight is 367 g/mol. The lowest BCUT2D eigenvalue weighted by molar-refractivity contribution is -0.139. The summed E-state index contributed by atoms with van der Waals surface area (Å²) in [4.78, 5) is 21.9. The van der Waals surface area contributed by atoms with Gasteiger partial charge in [0.1, 0.15) is 5.82 Å². The second-order valence-electron chi connectivity index (χ2n) is 7.72. The van der Waals surface area contributed by atoms with Gasteiger partial charge >= 0.3 is 0 Å². The Morgan fingerprint density at radius 1 is 1.04 bits per heavy atom. The molecule has 1 aliphatic heterocycles. The van der Waals surface area contributed by atoms with E-state index in [0.29, 0.717) is 0 Å². The van der Waals surface area contributed by atoms with Gasteiger partial charge in [-0.3, -0.25) is 14.7 Å². The number of amides is 1. The number of piperazine rings is 1. The zero-order chi connectivity index (χ0) is 18.7. The fourth-order valence-corrected chi connectivity index (χ4v) is 4.55. The number of nitrogens with zero attached hydrogens (tertiary/aromatic N) is 3. The minimum atomic E-state index is -0.532. The molecule has 5 heteroatoms. The molecule has 2 aromatic rings. The summed E-state index contributed by atoms with van der Waals surface area (Å²) in [6, 6.07) is 10.7. The number of pyridine rings is 1. The van der Waals surface area contributed by atoms with E-state index in [2.05, 4.69) is 9.88 Å². The maximum Gasteiger partial charge on any atom is 0.233 e. The van der Waals surface area contributed by atoms with Crippen LogP contribution in [0.5, 0.6) is 0 Å². The van der Waals surface area contributed by atoms with E-state index in [1.165, 1.54) is 11.6 Å². The molecular weight excluding hydrogens is 341 g/mol. The molecule has 1 saturated heterocycles. The first-order valence-corrected chi connectivity index (χ1v) is 9.84. The molecule has 27 heavy (non-hydrogen) atoms. The maximum absolute atomic E-state index is 13.8. The molecule has 0 spiro atoms. The highest BCUT2D eigenvalue weighted by Gasteiger charge is 2.45. The van der Waals surface area contributed by atoms with Crippen LogP contribution in [-0.2, 0) is 16.8 Å². The molecule has 1 aromatic heterocycles. The number of hydrogen-bond acceptors (Lipinski definition) is 3. The highest BCUT2D eigenvalue weighted by Crippen LogP contribution is 2.43. The first kappa shape index (κ1) is 18.1. The highest BCUT2D eigenvalue weighted by molar-refractivity contribution is 5.88. The molecule has 2 aliphatic rings. The third kappa shape index (κ3) is 3.74. The van der Waals surface area contributed by atoms with Gasteiger partial charge in [-0.25, -0.2) is 4.39 Å². The minimum absolute atomic E-state index is 0.189. The molecule has 2 heterocycles. The normalized spacial score (nSPS) is 20.0. The van der Waals surface area contributed by atoms with E-state index in [4.69, 9.17) is 0 Å². The molecule has 1 aromatic carbocycles. The number of benzene rings is 1. The Labute approximate surface area is 160 Å². The number of carbonyl (C=O) groups excluding carboxylic acids is 1. The van der Waals surface area contributed by atoms with Crippen molar-refractivity contribution in [3.05, 3.63) is 65.7 Å². The van der Waals surface area contributed by atoms with E-state index in [0.717, 1.165) is 64.0 Å². The van der Waals surface area contributed by atoms with E-state index in [1.807, 2.05) is 35.5 Å². The van der Waals surface area contributed by atoms with Crippen LogP contribution in [0.15, 0.2) is 48.8 Å². The van der Waals surface area contributed by atoms with Gasteiger partial charge in [-0.15, -0.1) is 0 Å². The van der Waals surface area contributed by atoms with Crippen LogP contribution in [0.4, 0.5) is 4.39 Å². The first-order chi connectivity index (χ1) is 13.2. The van der Waals surface area contributed by atoms with Crippen LogP contribution in [0.2, 0.25) is 0 Å². The van der Waals surface area contributed by atoms with Crippen LogP contribution in [-0.4, -0.2) is 46.9 Å². The van der Waals surface area contributed by atoms with Crippen molar-refractivity contribution in [3.8, 4) is 0 Å². The fraction of sp³-hybridized carbons (Fsp3) is 0.455. The maximum atomic E-state index is 13.8. The molecule has 2 fully saturated rings. The molecule has 0 unspecified atom stereocenters. The Bertz CT molecular complexity index is 781.